The van der Waals surface area contributed by atoms with E-state index in [9.17, 15) is 19.6 Å². The van der Waals surface area contributed by atoms with Gasteiger partial charge in [-0.2, -0.15) is 0 Å². The minimum atomic E-state index is -4.70. The molecule has 0 aliphatic carbocycles. The van der Waals surface area contributed by atoms with Gasteiger partial charge in [-0.05, 0) is 0 Å². The van der Waals surface area contributed by atoms with Crippen molar-refractivity contribution in [3.8, 4) is 0 Å². The summed E-state index contributed by atoms with van der Waals surface area (Å²) in [6.45, 7) is 0.0264. The Labute approximate surface area is 126 Å². The second-order valence-corrected chi connectivity index (χ2v) is 6.46. The van der Waals surface area contributed by atoms with Crippen molar-refractivity contribution in [2.24, 2.45) is 11.7 Å². The van der Waals surface area contributed by atoms with E-state index in [2.05, 4.69) is 4.52 Å². The Bertz CT molecular complexity index is 494. The lowest BCUT2D eigenvalue weighted by Gasteiger charge is -2.33. The molecule has 2 aliphatic heterocycles. The second-order valence-electron chi connectivity index (χ2n) is 5.22. The molecule has 0 unspecified atom stereocenters. The first-order valence-electron chi connectivity index (χ1n) is 6.61. The molecule has 1 saturated heterocycles. The van der Waals surface area contributed by atoms with Crippen LogP contribution in [0.1, 0.15) is 0 Å². The molecular formula is C11H19N2O8P. The molecule has 0 aromatic carbocycles. The van der Waals surface area contributed by atoms with Crippen molar-refractivity contribution >= 4 is 13.7 Å². The second kappa shape index (κ2) is 6.73. The van der Waals surface area contributed by atoms with Gasteiger partial charge in [0, 0.05) is 13.1 Å². The average Bonchev–Trinajstić information content (AvgIpc) is 2.72. The molecule has 22 heavy (non-hydrogen) atoms. The topological polar surface area (TPSA) is 163 Å². The third-order valence-corrected chi connectivity index (χ3v) is 4.09. The van der Waals surface area contributed by atoms with E-state index < -0.39 is 50.8 Å². The van der Waals surface area contributed by atoms with Crippen LogP contribution in [0, 0.1) is 5.92 Å². The number of primary amides is 1. The average molecular weight is 338 g/mol. The predicted molar refractivity (Wildman–Crippen MR) is 72.1 cm³/mol. The predicted octanol–water partition coefficient (Wildman–Crippen LogP) is -2.48. The molecule has 5 atom stereocenters. The third-order valence-electron chi connectivity index (χ3n) is 3.61. The molecule has 126 valence electrons. The van der Waals surface area contributed by atoms with Crippen molar-refractivity contribution in [2.45, 2.75) is 24.5 Å². The number of nitrogens with zero attached hydrogens (tertiary/aromatic N) is 1. The van der Waals surface area contributed by atoms with Crippen molar-refractivity contribution < 1.29 is 38.6 Å². The fourth-order valence-electron chi connectivity index (χ4n) is 2.48. The van der Waals surface area contributed by atoms with Crippen LogP contribution in [0.4, 0.5) is 0 Å². The van der Waals surface area contributed by atoms with Gasteiger partial charge >= 0.3 is 7.82 Å². The van der Waals surface area contributed by atoms with E-state index in [0.29, 0.717) is 6.54 Å². The van der Waals surface area contributed by atoms with Crippen molar-refractivity contribution in [2.75, 3.05) is 19.7 Å². The highest BCUT2D eigenvalue weighted by Crippen LogP contribution is 2.37. The molecular weight excluding hydrogens is 319 g/mol. The first kappa shape index (κ1) is 17.5. The minimum Gasteiger partial charge on any atom is -0.387 e. The number of aliphatic hydroxyl groups excluding tert-OH is 2. The van der Waals surface area contributed by atoms with Crippen LogP contribution < -0.4 is 5.73 Å². The molecule has 6 N–H and O–H groups in total. The highest BCUT2D eigenvalue weighted by molar-refractivity contribution is 7.46. The SMILES string of the molecule is NC(=O)[C@H]1C=CCN([C@@H]2O[C@H](COP(=O)(O)O)[C@@H](O)[C@H]2O)C1. The summed E-state index contributed by atoms with van der Waals surface area (Å²) in [4.78, 5) is 30.2. The number of carbonyl (C=O) groups excluding carboxylic acids is 1. The molecule has 10 nitrogen and oxygen atoms in total. The highest BCUT2D eigenvalue weighted by atomic mass is 31.2. The number of hydrogen-bond donors (Lipinski definition) is 5. The summed E-state index contributed by atoms with van der Waals surface area (Å²) in [6.07, 6.45) is -1.33. The maximum Gasteiger partial charge on any atom is 0.469 e. The van der Waals surface area contributed by atoms with Gasteiger partial charge in [0.2, 0.25) is 5.91 Å². The molecule has 1 fully saturated rings. The first-order valence-corrected chi connectivity index (χ1v) is 8.14. The van der Waals surface area contributed by atoms with Gasteiger partial charge < -0.3 is 30.5 Å². The van der Waals surface area contributed by atoms with Crippen LogP contribution in [0.5, 0.6) is 0 Å². The van der Waals surface area contributed by atoms with Crippen LogP contribution in [-0.2, 0) is 18.6 Å². The zero-order chi connectivity index (χ0) is 16.5. The smallest absolute Gasteiger partial charge is 0.387 e. The number of amides is 1. The Balaban J connectivity index is 1.99. The Kier molecular flexibility index (Phi) is 5.36. The maximum absolute atomic E-state index is 11.2. The van der Waals surface area contributed by atoms with E-state index in [1.807, 2.05) is 0 Å². The lowest BCUT2D eigenvalue weighted by atomic mass is 10.0. The third kappa shape index (κ3) is 4.12. The lowest BCUT2D eigenvalue weighted by molar-refractivity contribution is -0.125. The van der Waals surface area contributed by atoms with Crippen LogP contribution in [0.15, 0.2) is 12.2 Å². The van der Waals surface area contributed by atoms with Crippen LogP contribution in [0.2, 0.25) is 0 Å². The standard InChI is InChI=1S/C11H19N2O8P/c12-10(16)6-2-1-3-13(4-6)11-9(15)8(14)7(21-11)5-20-22(17,18)19/h1-2,6-9,11,14-15H,3-5H2,(H2,12,16)(H2,17,18,19)/t6-,7+,8+,9+,11+/m0/s1. The van der Waals surface area contributed by atoms with Gasteiger partial charge in [-0.25, -0.2) is 4.57 Å². The molecule has 0 saturated carbocycles. The van der Waals surface area contributed by atoms with Gasteiger partial charge in [0.25, 0.3) is 0 Å². The summed E-state index contributed by atoms with van der Waals surface area (Å²) >= 11 is 0. The van der Waals surface area contributed by atoms with Gasteiger partial charge in [0.15, 0.2) is 0 Å². The number of phosphoric ester groups is 1. The lowest BCUT2D eigenvalue weighted by Crippen LogP contribution is -2.49. The van der Waals surface area contributed by atoms with Crippen molar-refractivity contribution in [1.29, 1.82) is 0 Å². The summed E-state index contributed by atoms with van der Waals surface area (Å²) in [6, 6.07) is 0. The summed E-state index contributed by atoms with van der Waals surface area (Å²) < 4.78 is 20.4. The van der Waals surface area contributed by atoms with Gasteiger partial charge in [-0.15, -0.1) is 0 Å². The summed E-state index contributed by atoms with van der Waals surface area (Å²) in [5.41, 5.74) is 5.24. The van der Waals surface area contributed by atoms with E-state index in [4.69, 9.17) is 20.3 Å². The van der Waals surface area contributed by atoms with Gasteiger partial charge in [-0.1, -0.05) is 12.2 Å². The van der Waals surface area contributed by atoms with Gasteiger partial charge in [-0.3, -0.25) is 14.2 Å². The van der Waals surface area contributed by atoms with E-state index in [-0.39, 0.29) is 6.54 Å². The van der Waals surface area contributed by atoms with E-state index in [0.717, 1.165) is 0 Å². The van der Waals surface area contributed by atoms with Crippen LogP contribution in [-0.4, -0.2) is 75.0 Å². The van der Waals surface area contributed by atoms with E-state index in [1.54, 1.807) is 17.1 Å². The molecule has 0 bridgehead atoms. The Morgan fingerprint density at radius 2 is 2.09 bits per heavy atom. The number of phosphoric acid groups is 1. The van der Waals surface area contributed by atoms with Crippen molar-refractivity contribution in [3.63, 3.8) is 0 Å². The van der Waals surface area contributed by atoms with Crippen molar-refractivity contribution in [1.82, 2.24) is 4.90 Å². The first-order chi connectivity index (χ1) is 10.2. The molecule has 0 spiro atoms. The zero-order valence-corrected chi connectivity index (χ0v) is 12.5. The molecule has 11 heteroatoms. The van der Waals surface area contributed by atoms with Crippen LogP contribution >= 0.6 is 7.82 Å². The number of carbonyl (C=O) groups is 1. The number of rotatable bonds is 5. The van der Waals surface area contributed by atoms with Crippen LogP contribution in [0.3, 0.4) is 0 Å². The molecule has 2 rings (SSSR count). The summed E-state index contributed by atoms with van der Waals surface area (Å²) in [5, 5.41) is 19.9. The number of hydrogen-bond acceptors (Lipinski definition) is 7. The fourth-order valence-corrected chi connectivity index (χ4v) is 2.82. The normalized spacial score (nSPS) is 36.6. The largest absolute Gasteiger partial charge is 0.469 e. The molecule has 2 heterocycles. The summed E-state index contributed by atoms with van der Waals surface area (Å²) in [7, 11) is -4.70. The zero-order valence-electron chi connectivity index (χ0n) is 11.6. The maximum atomic E-state index is 11.2. The Hall–Kier alpha value is -0.840. The Morgan fingerprint density at radius 3 is 2.68 bits per heavy atom. The van der Waals surface area contributed by atoms with E-state index in [1.165, 1.54) is 0 Å². The monoisotopic (exact) mass is 338 g/mol. The highest BCUT2D eigenvalue weighted by Gasteiger charge is 2.46. The molecule has 0 aromatic rings. The molecule has 1 amide bonds. The number of ether oxygens (including phenoxy) is 1. The fraction of sp³-hybridized carbons (Fsp3) is 0.727. The molecule has 0 radical (unpaired) electrons. The van der Waals surface area contributed by atoms with Gasteiger partial charge in [0.1, 0.15) is 24.5 Å². The van der Waals surface area contributed by atoms with Gasteiger partial charge in [0.05, 0.1) is 12.5 Å². The molecule has 0 aromatic heterocycles. The quantitative estimate of drug-likeness (QED) is 0.270. The minimum absolute atomic E-state index is 0.215. The van der Waals surface area contributed by atoms with Crippen molar-refractivity contribution in [3.05, 3.63) is 12.2 Å². The number of aliphatic hydroxyl groups is 2. The van der Waals surface area contributed by atoms with Crippen LogP contribution in [0.25, 0.3) is 0 Å². The Morgan fingerprint density at radius 1 is 1.41 bits per heavy atom. The summed E-state index contributed by atoms with van der Waals surface area (Å²) in [5.74, 6) is -1.05. The van der Waals surface area contributed by atoms with E-state index >= 15 is 0 Å². The number of nitrogens with two attached hydrogens (primary N) is 1. The molecule has 2 aliphatic rings.